The summed E-state index contributed by atoms with van der Waals surface area (Å²) in [6.45, 7) is 7.83. The van der Waals surface area contributed by atoms with E-state index in [1.807, 2.05) is 36.9 Å². The number of thioether (sulfide) groups is 1. The number of ether oxygens (including phenoxy) is 1. The molecular weight excluding hydrogens is 258 g/mol. The second kappa shape index (κ2) is 5.33. The first kappa shape index (κ1) is 14.1. The smallest absolute Gasteiger partial charge is 0.201 e. The summed E-state index contributed by atoms with van der Waals surface area (Å²) in [4.78, 5) is 4.46. The van der Waals surface area contributed by atoms with Crippen molar-refractivity contribution >= 4 is 28.7 Å². The minimum atomic E-state index is 0.114. The molecule has 4 nitrogen and oxygen atoms in total. The molecule has 0 aliphatic rings. The Hall–Kier alpha value is -1.36. The molecule has 0 spiro atoms. The second-order valence-corrected chi connectivity index (χ2v) is 6.59. The first-order valence-corrected chi connectivity index (χ1v) is 7.63. The molecule has 0 fully saturated rings. The van der Waals surface area contributed by atoms with Crippen molar-refractivity contribution in [2.45, 2.75) is 32.1 Å². The molecule has 0 unspecified atom stereocenters. The number of nitrogens with zero attached hydrogens (tertiary/aromatic N) is 2. The van der Waals surface area contributed by atoms with Crippen LogP contribution in [-0.4, -0.2) is 27.2 Å². The maximum Gasteiger partial charge on any atom is 0.201 e. The molecule has 0 saturated carbocycles. The Kier molecular flexibility index (Phi) is 3.94. The molecule has 2 N–H and O–H groups in total. The largest absolute Gasteiger partial charge is 0.492 e. The quantitative estimate of drug-likeness (QED) is 0.913. The maximum absolute atomic E-state index is 6.07. The molecule has 104 valence electrons. The molecule has 1 heterocycles. The summed E-state index contributed by atoms with van der Waals surface area (Å²) >= 11 is 1.82. The van der Waals surface area contributed by atoms with Gasteiger partial charge in [0.05, 0.1) is 12.1 Å². The molecule has 2 rings (SSSR count). The van der Waals surface area contributed by atoms with Crippen molar-refractivity contribution in [2.75, 3.05) is 18.6 Å². The van der Waals surface area contributed by atoms with Gasteiger partial charge in [0.25, 0.3) is 0 Å². The first-order valence-electron chi connectivity index (χ1n) is 6.41. The molecule has 0 amide bonds. The molecule has 0 saturated heterocycles. The van der Waals surface area contributed by atoms with Crippen LogP contribution in [0.3, 0.4) is 0 Å². The Morgan fingerprint density at radius 2 is 2.16 bits per heavy atom. The van der Waals surface area contributed by atoms with Crippen LogP contribution in [0.2, 0.25) is 0 Å². The van der Waals surface area contributed by atoms with E-state index < -0.39 is 0 Å². The van der Waals surface area contributed by atoms with E-state index in [0.717, 1.165) is 23.3 Å². The fourth-order valence-corrected chi connectivity index (χ4v) is 2.28. The standard InChI is InChI=1S/C14H21N3OS/c1-5-18-11-8-6-7-10-12(11)16-13(15)17(10)9-14(2,3)19-4/h6-8H,5,9H2,1-4H3,(H2,15,16). The van der Waals surface area contributed by atoms with Crippen molar-refractivity contribution in [3.8, 4) is 5.75 Å². The van der Waals surface area contributed by atoms with Crippen molar-refractivity contribution in [2.24, 2.45) is 0 Å². The number of nitrogens with two attached hydrogens (primary N) is 1. The lowest BCUT2D eigenvalue weighted by Gasteiger charge is -2.23. The van der Waals surface area contributed by atoms with Crippen LogP contribution in [0.25, 0.3) is 11.0 Å². The van der Waals surface area contributed by atoms with Crippen LogP contribution in [0.15, 0.2) is 18.2 Å². The highest BCUT2D eigenvalue weighted by Gasteiger charge is 2.21. The fourth-order valence-electron chi connectivity index (χ4n) is 2.02. The Bertz CT molecular complexity index is 577. The number of anilines is 1. The fraction of sp³-hybridized carbons (Fsp3) is 0.500. The summed E-state index contributed by atoms with van der Waals surface area (Å²) < 4.78 is 7.79. The van der Waals surface area contributed by atoms with Gasteiger partial charge in [0.1, 0.15) is 11.3 Å². The van der Waals surface area contributed by atoms with Crippen molar-refractivity contribution in [1.29, 1.82) is 0 Å². The van der Waals surface area contributed by atoms with Gasteiger partial charge in [-0.05, 0) is 39.2 Å². The third-order valence-corrected chi connectivity index (χ3v) is 4.40. The molecule has 1 aromatic heterocycles. The first-order chi connectivity index (χ1) is 8.98. The van der Waals surface area contributed by atoms with Crippen LogP contribution in [0.4, 0.5) is 5.95 Å². The summed E-state index contributed by atoms with van der Waals surface area (Å²) in [6, 6.07) is 5.96. The van der Waals surface area contributed by atoms with E-state index in [9.17, 15) is 0 Å². The van der Waals surface area contributed by atoms with Gasteiger partial charge in [-0.3, -0.25) is 0 Å². The van der Waals surface area contributed by atoms with Crippen LogP contribution in [-0.2, 0) is 6.54 Å². The molecular formula is C14H21N3OS. The van der Waals surface area contributed by atoms with E-state index in [-0.39, 0.29) is 4.75 Å². The van der Waals surface area contributed by atoms with Crippen LogP contribution in [0.1, 0.15) is 20.8 Å². The molecule has 1 aromatic carbocycles. The van der Waals surface area contributed by atoms with E-state index in [2.05, 4.69) is 29.7 Å². The van der Waals surface area contributed by atoms with Crippen molar-refractivity contribution in [1.82, 2.24) is 9.55 Å². The van der Waals surface area contributed by atoms with Crippen LogP contribution < -0.4 is 10.5 Å². The van der Waals surface area contributed by atoms with E-state index in [0.29, 0.717) is 12.6 Å². The topological polar surface area (TPSA) is 53.1 Å². The van der Waals surface area contributed by atoms with Crippen LogP contribution in [0.5, 0.6) is 5.75 Å². The SMILES string of the molecule is CCOc1cccc2c1nc(N)n2CC(C)(C)SC. The molecule has 0 aliphatic heterocycles. The molecule has 0 aliphatic carbocycles. The Labute approximate surface area is 118 Å². The Morgan fingerprint density at radius 3 is 2.79 bits per heavy atom. The van der Waals surface area contributed by atoms with E-state index in [1.165, 1.54) is 0 Å². The third-order valence-electron chi connectivity index (χ3n) is 3.16. The number of fused-ring (bicyclic) bond motifs is 1. The van der Waals surface area contributed by atoms with Gasteiger partial charge in [-0.25, -0.2) is 4.98 Å². The lowest BCUT2D eigenvalue weighted by molar-refractivity contribution is 0.343. The van der Waals surface area contributed by atoms with Gasteiger partial charge >= 0.3 is 0 Å². The summed E-state index contributed by atoms with van der Waals surface area (Å²) in [5.41, 5.74) is 7.95. The van der Waals surface area contributed by atoms with Gasteiger partial charge in [-0.15, -0.1) is 0 Å². The van der Waals surface area contributed by atoms with Gasteiger partial charge < -0.3 is 15.0 Å². The van der Waals surface area contributed by atoms with Crippen molar-refractivity contribution in [3.63, 3.8) is 0 Å². The predicted octanol–water partition coefficient (Wildman–Crippen LogP) is 3.16. The van der Waals surface area contributed by atoms with Crippen LogP contribution >= 0.6 is 11.8 Å². The highest BCUT2D eigenvalue weighted by Crippen LogP contribution is 2.31. The molecule has 5 heteroatoms. The minimum absolute atomic E-state index is 0.114. The number of benzene rings is 1. The predicted molar refractivity (Wildman–Crippen MR) is 82.9 cm³/mol. The number of aromatic nitrogens is 2. The molecule has 0 atom stereocenters. The second-order valence-electron chi connectivity index (χ2n) is 5.08. The third kappa shape index (κ3) is 2.81. The summed E-state index contributed by atoms with van der Waals surface area (Å²) in [5, 5.41) is 0. The monoisotopic (exact) mass is 279 g/mol. The molecule has 19 heavy (non-hydrogen) atoms. The highest BCUT2D eigenvalue weighted by atomic mass is 32.2. The highest BCUT2D eigenvalue weighted by molar-refractivity contribution is 7.99. The lowest BCUT2D eigenvalue weighted by Crippen LogP contribution is -2.23. The van der Waals surface area contributed by atoms with Crippen LogP contribution in [0, 0.1) is 0 Å². The van der Waals surface area contributed by atoms with Gasteiger partial charge in [0.2, 0.25) is 5.95 Å². The zero-order chi connectivity index (χ0) is 14.0. The van der Waals surface area contributed by atoms with Gasteiger partial charge in [-0.2, -0.15) is 11.8 Å². The Morgan fingerprint density at radius 1 is 1.42 bits per heavy atom. The zero-order valence-corrected chi connectivity index (χ0v) is 12.8. The number of imidazole rings is 1. The number of rotatable bonds is 5. The summed E-state index contributed by atoms with van der Waals surface area (Å²) in [7, 11) is 0. The maximum atomic E-state index is 6.07. The van der Waals surface area contributed by atoms with Gasteiger partial charge in [0.15, 0.2) is 0 Å². The van der Waals surface area contributed by atoms with Gasteiger partial charge in [0, 0.05) is 11.3 Å². The van der Waals surface area contributed by atoms with Gasteiger partial charge in [-0.1, -0.05) is 6.07 Å². The lowest BCUT2D eigenvalue weighted by atomic mass is 10.2. The molecule has 0 bridgehead atoms. The average Bonchev–Trinajstić information content (AvgIpc) is 2.68. The minimum Gasteiger partial charge on any atom is -0.492 e. The summed E-state index contributed by atoms with van der Waals surface area (Å²) in [5.74, 6) is 1.34. The van der Waals surface area contributed by atoms with E-state index in [4.69, 9.17) is 10.5 Å². The summed E-state index contributed by atoms with van der Waals surface area (Å²) in [6.07, 6.45) is 2.11. The number of hydrogen-bond acceptors (Lipinski definition) is 4. The van der Waals surface area contributed by atoms with Crippen molar-refractivity contribution < 1.29 is 4.74 Å². The molecule has 0 radical (unpaired) electrons. The zero-order valence-electron chi connectivity index (χ0n) is 11.9. The van der Waals surface area contributed by atoms with E-state index in [1.54, 1.807) is 0 Å². The van der Waals surface area contributed by atoms with E-state index >= 15 is 0 Å². The van der Waals surface area contributed by atoms with Crippen molar-refractivity contribution in [3.05, 3.63) is 18.2 Å². The Balaban J connectivity index is 2.50. The number of nitrogen functional groups attached to an aromatic ring is 1. The average molecular weight is 279 g/mol. The number of para-hydroxylation sites is 1. The normalized spacial score (nSPS) is 12.0. The number of hydrogen-bond donors (Lipinski definition) is 1. The molecule has 2 aromatic rings.